The molecule has 0 spiro atoms. The smallest absolute Gasteiger partial charge is 0.320 e. The van der Waals surface area contributed by atoms with Crippen LogP contribution in [0.1, 0.15) is 20.1 Å². The Morgan fingerprint density at radius 2 is 1.74 bits per heavy atom. The van der Waals surface area contributed by atoms with Gasteiger partial charge < -0.3 is 30.4 Å². The zero-order valence-corrected chi connectivity index (χ0v) is 17.7. The SMILES string of the molecule is N#Cc1ccc(C(=O)NCCOCCOCCOc2ccc(CC(N)C(=O)O)cc2)s1. The van der Waals surface area contributed by atoms with E-state index in [0.717, 1.165) is 16.9 Å². The lowest BCUT2D eigenvalue weighted by Gasteiger charge is -2.10. The third-order valence-corrected chi connectivity index (χ3v) is 5.03. The normalized spacial score (nSPS) is 11.5. The van der Waals surface area contributed by atoms with E-state index in [0.29, 0.717) is 55.1 Å². The van der Waals surface area contributed by atoms with E-state index >= 15 is 0 Å². The number of benzene rings is 1. The van der Waals surface area contributed by atoms with Crippen molar-refractivity contribution >= 4 is 23.2 Å². The van der Waals surface area contributed by atoms with Gasteiger partial charge >= 0.3 is 5.97 Å². The van der Waals surface area contributed by atoms with Gasteiger partial charge in [-0.2, -0.15) is 5.26 Å². The number of nitrogens with two attached hydrogens (primary N) is 1. The van der Waals surface area contributed by atoms with Gasteiger partial charge in [-0.1, -0.05) is 12.1 Å². The predicted molar refractivity (Wildman–Crippen MR) is 114 cm³/mol. The van der Waals surface area contributed by atoms with Gasteiger partial charge in [-0.15, -0.1) is 11.3 Å². The lowest BCUT2D eigenvalue weighted by atomic mass is 10.1. The molecule has 9 nitrogen and oxygen atoms in total. The predicted octanol–water partition coefficient (Wildman–Crippen LogP) is 1.42. The largest absolute Gasteiger partial charge is 0.491 e. The van der Waals surface area contributed by atoms with E-state index in [1.54, 1.807) is 36.4 Å². The van der Waals surface area contributed by atoms with E-state index in [4.69, 9.17) is 30.3 Å². The van der Waals surface area contributed by atoms with Crippen molar-refractivity contribution in [2.75, 3.05) is 39.6 Å². The quantitative estimate of drug-likeness (QED) is 0.369. The first-order chi connectivity index (χ1) is 15.0. The number of ether oxygens (including phenoxy) is 3. The molecule has 2 aromatic rings. The summed E-state index contributed by atoms with van der Waals surface area (Å²) in [6.07, 6.45) is 0.262. The maximum Gasteiger partial charge on any atom is 0.320 e. The average molecular weight is 448 g/mol. The van der Waals surface area contributed by atoms with E-state index in [9.17, 15) is 9.59 Å². The zero-order valence-electron chi connectivity index (χ0n) is 16.9. The van der Waals surface area contributed by atoms with Crippen LogP contribution < -0.4 is 15.8 Å². The summed E-state index contributed by atoms with van der Waals surface area (Å²) in [4.78, 5) is 23.6. The van der Waals surface area contributed by atoms with Gasteiger partial charge in [0.05, 0.1) is 31.3 Å². The van der Waals surface area contributed by atoms with Crippen LogP contribution in [0.2, 0.25) is 0 Å². The molecule has 166 valence electrons. The number of rotatable bonds is 14. The first-order valence-corrected chi connectivity index (χ1v) is 10.4. The molecule has 0 radical (unpaired) electrons. The van der Waals surface area contributed by atoms with Crippen molar-refractivity contribution in [1.29, 1.82) is 5.26 Å². The fourth-order valence-electron chi connectivity index (χ4n) is 2.45. The summed E-state index contributed by atoms with van der Waals surface area (Å²) in [7, 11) is 0. The number of hydrogen-bond donors (Lipinski definition) is 3. The molecule has 0 saturated heterocycles. The van der Waals surface area contributed by atoms with E-state index in [-0.39, 0.29) is 12.3 Å². The van der Waals surface area contributed by atoms with Crippen LogP contribution in [-0.4, -0.2) is 62.6 Å². The van der Waals surface area contributed by atoms with Crippen LogP contribution in [0.4, 0.5) is 0 Å². The van der Waals surface area contributed by atoms with Crippen molar-refractivity contribution in [3.8, 4) is 11.8 Å². The number of amides is 1. The highest BCUT2D eigenvalue weighted by Crippen LogP contribution is 2.15. The summed E-state index contributed by atoms with van der Waals surface area (Å²) >= 11 is 1.15. The third kappa shape index (κ3) is 9.15. The number of carboxylic acids is 1. The molecule has 10 heteroatoms. The summed E-state index contributed by atoms with van der Waals surface area (Å²) < 4.78 is 16.4. The molecule has 0 aliphatic rings. The van der Waals surface area contributed by atoms with Crippen LogP contribution >= 0.6 is 11.3 Å². The molecule has 1 unspecified atom stereocenters. The van der Waals surface area contributed by atoms with Crippen LogP contribution in [-0.2, 0) is 20.7 Å². The standard InChI is InChI=1S/C21H25N3O6S/c22-14-17-5-6-19(31-17)20(25)24-7-8-28-9-10-29-11-12-30-16-3-1-15(2-4-16)13-18(23)21(26)27/h1-6,18H,7-13,23H2,(H,24,25)(H,26,27). The Kier molecular flexibility index (Phi) is 10.5. The average Bonchev–Trinajstić information content (AvgIpc) is 3.25. The molecule has 4 N–H and O–H groups in total. The molecule has 1 amide bonds. The Morgan fingerprint density at radius 3 is 2.39 bits per heavy atom. The van der Waals surface area contributed by atoms with E-state index in [1.165, 1.54) is 0 Å². The van der Waals surface area contributed by atoms with Crippen molar-refractivity contribution in [1.82, 2.24) is 5.32 Å². The molecule has 0 bridgehead atoms. The maximum atomic E-state index is 11.9. The number of hydrogen-bond acceptors (Lipinski definition) is 8. The van der Waals surface area contributed by atoms with Crippen LogP contribution in [0, 0.1) is 11.3 Å². The highest BCUT2D eigenvalue weighted by Gasteiger charge is 2.12. The van der Waals surface area contributed by atoms with Crippen LogP contribution in [0.5, 0.6) is 5.75 Å². The second-order valence-electron chi connectivity index (χ2n) is 6.40. The van der Waals surface area contributed by atoms with Crippen LogP contribution in [0.15, 0.2) is 36.4 Å². The van der Waals surface area contributed by atoms with Gasteiger partial charge in [0, 0.05) is 6.54 Å². The summed E-state index contributed by atoms with van der Waals surface area (Å²) in [5.41, 5.74) is 6.34. The van der Waals surface area contributed by atoms with E-state index in [2.05, 4.69) is 5.32 Å². The molecule has 0 fully saturated rings. The highest BCUT2D eigenvalue weighted by atomic mass is 32.1. The van der Waals surface area contributed by atoms with Gasteiger partial charge in [0.2, 0.25) is 0 Å². The van der Waals surface area contributed by atoms with Crippen molar-refractivity contribution in [2.45, 2.75) is 12.5 Å². The number of aliphatic carboxylic acids is 1. The fraction of sp³-hybridized carbons (Fsp3) is 0.381. The van der Waals surface area contributed by atoms with Gasteiger partial charge in [0.1, 0.15) is 29.3 Å². The first kappa shape index (κ1) is 24.3. The second-order valence-corrected chi connectivity index (χ2v) is 7.48. The molecule has 1 atom stereocenters. The maximum absolute atomic E-state index is 11.9. The molecule has 2 rings (SSSR count). The number of carboxylic acid groups (broad SMARTS) is 1. The number of carbonyl (C=O) groups is 2. The minimum atomic E-state index is -1.03. The Morgan fingerprint density at radius 1 is 1.06 bits per heavy atom. The molecule has 0 aliphatic carbocycles. The van der Waals surface area contributed by atoms with Crippen molar-refractivity contribution in [3.63, 3.8) is 0 Å². The lowest BCUT2D eigenvalue weighted by molar-refractivity contribution is -0.138. The molecule has 31 heavy (non-hydrogen) atoms. The van der Waals surface area contributed by atoms with Crippen LogP contribution in [0.25, 0.3) is 0 Å². The molecule has 1 aromatic heterocycles. The van der Waals surface area contributed by atoms with Gasteiger partial charge in [-0.3, -0.25) is 9.59 Å². The molecule has 0 aliphatic heterocycles. The van der Waals surface area contributed by atoms with Gasteiger partial charge in [-0.25, -0.2) is 0 Å². The number of carbonyl (C=O) groups excluding carboxylic acids is 1. The zero-order chi connectivity index (χ0) is 22.5. The lowest BCUT2D eigenvalue weighted by Crippen LogP contribution is -2.32. The van der Waals surface area contributed by atoms with Crippen molar-refractivity contribution in [3.05, 3.63) is 51.7 Å². The minimum absolute atomic E-state index is 0.221. The highest BCUT2D eigenvalue weighted by molar-refractivity contribution is 7.14. The van der Waals surface area contributed by atoms with Gasteiger partial charge in [0.25, 0.3) is 5.91 Å². The molecule has 1 aromatic carbocycles. The van der Waals surface area contributed by atoms with Crippen LogP contribution in [0.3, 0.4) is 0 Å². The van der Waals surface area contributed by atoms with Crippen molar-refractivity contribution < 1.29 is 28.9 Å². The van der Waals surface area contributed by atoms with E-state index in [1.807, 2.05) is 6.07 Å². The summed E-state index contributed by atoms with van der Waals surface area (Å²) in [5, 5.41) is 20.3. The second kappa shape index (κ2) is 13.4. The minimum Gasteiger partial charge on any atom is -0.491 e. The molecule has 0 saturated carbocycles. The number of nitrogens with zero attached hydrogens (tertiary/aromatic N) is 1. The number of thiophene rings is 1. The van der Waals surface area contributed by atoms with Crippen molar-refractivity contribution in [2.24, 2.45) is 5.73 Å². The summed E-state index contributed by atoms with van der Waals surface area (Å²) in [6, 6.07) is 11.4. The summed E-state index contributed by atoms with van der Waals surface area (Å²) in [5.74, 6) is -0.586. The van der Waals surface area contributed by atoms with E-state index < -0.39 is 12.0 Å². The molecular formula is C21H25N3O6S. The topological polar surface area (TPSA) is 144 Å². The van der Waals surface area contributed by atoms with Gasteiger partial charge in [-0.05, 0) is 36.2 Å². The third-order valence-electron chi connectivity index (χ3n) is 4.04. The first-order valence-electron chi connectivity index (χ1n) is 9.63. The monoisotopic (exact) mass is 447 g/mol. The number of nitriles is 1. The van der Waals surface area contributed by atoms with Gasteiger partial charge in [0.15, 0.2) is 0 Å². The summed E-state index contributed by atoms with van der Waals surface area (Å²) in [6.45, 7) is 2.29. The Hall–Kier alpha value is -2.97. The Balaban J connectivity index is 1.46. The molecule has 1 heterocycles. The molecular weight excluding hydrogens is 422 g/mol. The number of nitrogens with one attached hydrogen (secondary N) is 1. The Labute approximate surface area is 184 Å². The Bertz CT molecular complexity index is 878. The fourth-order valence-corrected chi connectivity index (χ4v) is 3.17.